The summed E-state index contributed by atoms with van der Waals surface area (Å²) in [4.78, 5) is 0.0826. The van der Waals surface area contributed by atoms with Gasteiger partial charge in [-0.3, -0.25) is 0 Å². The van der Waals surface area contributed by atoms with E-state index in [2.05, 4.69) is 31.9 Å². The van der Waals surface area contributed by atoms with Crippen LogP contribution >= 0.6 is 54.8 Å². The number of thiophene rings is 1. The number of hydrogen-bond donors (Lipinski definition) is 0. The molecular formula is C12H6Br2ClF3S. The number of hydrogen-bond acceptors (Lipinski definition) is 1. The maximum atomic E-state index is 13.1. The van der Waals surface area contributed by atoms with Gasteiger partial charge in [-0.1, -0.05) is 49.5 Å². The SMILES string of the molecule is FC(F)(F)c1cc(Br)ccc1C(Br)c1sccc1Cl. The normalized spacial score (nSPS) is 13.6. The first-order valence-electron chi connectivity index (χ1n) is 5.04. The molecule has 1 heterocycles. The zero-order chi connectivity index (χ0) is 14.2. The van der Waals surface area contributed by atoms with Crippen molar-refractivity contribution in [1.29, 1.82) is 0 Å². The van der Waals surface area contributed by atoms with Crippen LogP contribution in [0, 0.1) is 0 Å². The van der Waals surface area contributed by atoms with Gasteiger partial charge in [-0.25, -0.2) is 0 Å². The first kappa shape index (κ1) is 15.4. The average Bonchev–Trinajstić information content (AvgIpc) is 2.73. The molecule has 102 valence electrons. The smallest absolute Gasteiger partial charge is 0.166 e. The second-order valence-electron chi connectivity index (χ2n) is 3.72. The van der Waals surface area contributed by atoms with E-state index in [1.54, 1.807) is 17.5 Å². The molecule has 2 rings (SSSR count). The summed E-state index contributed by atoms with van der Waals surface area (Å²) in [6.07, 6.45) is -4.41. The first-order chi connectivity index (χ1) is 8.80. The van der Waals surface area contributed by atoms with Crippen LogP contribution in [0.5, 0.6) is 0 Å². The van der Waals surface area contributed by atoms with Crippen molar-refractivity contribution in [2.24, 2.45) is 0 Å². The van der Waals surface area contributed by atoms with E-state index in [1.807, 2.05) is 0 Å². The van der Waals surface area contributed by atoms with E-state index >= 15 is 0 Å². The van der Waals surface area contributed by atoms with Crippen LogP contribution in [-0.4, -0.2) is 0 Å². The largest absolute Gasteiger partial charge is 0.416 e. The molecule has 0 fully saturated rings. The van der Waals surface area contributed by atoms with Crippen LogP contribution in [0.25, 0.3) is 0 Å². The average molecular weight is 435 g/mol. The molecule has 2 aromatic rings. The zero-order valence-corrected chi connectivity index (χ0v) is 13.9. The molecule has 7 heteroatoms. The molecule has 0 saturated heterocycles. The fourth-order valence-electron chi connectivity index (χ4n) is 1.62. The molecule has 1 unspecified atom stereocenters. The Hall–Kier alpha value is -0.0400. The standard InChI is InChI=1S/C12H6Br2ClF3S/c13-6-1-2-7(8(5-6)12(16,17)18)10(14)11-9(15)3-4-19-11/h1-5,10H. The van der Waals surface area contributed by atoms with Gasteiger partial charge in [0.15, 0.2) is 0 Å². The third-order valence-corrected chi connectivity index (χ3v) is 5.64. The van der Waals surface area contributed by atoms with E-state index in [4.69, 9.17) is 11.6 Å². The summed E-state index contributed by atoms with van der Waals surface area (Å²) < 4.78 is 39.6. The Bertz CT molecular complexity index is 595. The molecular weight excluding hydrogens is 428 g/mol. The van der Waals surface area contributed by atoms with Crippen molar-refractivity contribution < 1.29 is 13.2 Å². The van der Waals surface area contributed by atoms with Crippen molar-refractivity contribution >= 4 is 54.8 Å². The lowest BCUT2D eigenvalue weighted by Crippen LogP contribution is -2.10. The van der Waals surface area contributed by atoms with Crippen molar-refractivity contribution in [3.8, 4) is 0 Å². The van der Waals surface area contributed by atoms with Gasteiger partial charge in [0, 0.05) is 9.35 Å². The van der Waals surface area contributed by atoms with Gasteiger partial charge in [0.2, 0.25) is 0 Å². The number of benzene rings is 1. The van der Waals surface area contributed by atoms with Gasteiger partial charge >= 0.3 is 6.18 Å². The summed E-state index contributed by atoms with van der Waals surface area (Å²) >= 11 is 13.7. The van der Waals surface area contributed by atoms with E-state index in [0.717, 1.165) is 6.07 Å². The van der Waals surface area contributed by atoms with Crippen LogP contribution in [0.15, 0.2) is 34.1 Å². The molecule has 0 aliphatic rings. The molecule has 1 aromatic carbocycles. The summed E-state index contributed by atoms with van der Waals surface area (Å²) in [5, 5.41) is 2.21. The Morgan fingerprint density at radius 3 is 2.42 bits per heavy atom. The third kappa shape index (κ3) is 3.35. The molecule has 0 N–H and O–H groups in total. The van der Waals surface area contributed by atoms with Gasteiger partial charge in [-0.2, -0.15) is 13.2 Å². The summed E-state index contributed by atoms with van der Waals surface area (Å²) in [7, 11) is 0. The topological polar surface area (TPSA) is 0 Å². The third-order valence-electron chi connectivity index (χ3n) is 2.47. The predicted molar refractivity (Wildman–Crippen MR) is 79.2 cm³/mol. The Morgan fingerprint density at radius 2 is 1.89 bits per heavy atom. The highest BCUT2D eigenvalue weighted by atomic mass is 79.9. The van der Waals surface area contributed by atoms with Crippen LogP contribution in [-0.2, 0) is 6.18 Å². The summed E-state index contributed by atoms with van der Waals surface area (Å²) in [6.45, 7) is 0. The second kappa shape index (κ2) is 5.76. The summed E-state index contributed by atoms with van der Waals surface area (Å²) in [5.74, 6) is 0. The second-order valence-corrected chi connectivity index (χ2v) is 6.91. The van der Waals surface area contributed by atoms with Gasteiger partial charge < -0.3 is 0 Å². The van der Waals surface area contributed by atoms with Crippen LogP contribution in [0.3, 0.4) is 0 Å². The first-order valence-corrected chi connectivity index (χ1v) is 8.01. The van der Waals surface area contributed by atoms with Crippen molar-refractivity contribution in [3.05, 3.63) is 55.1 Å². The molecule has 0 amide bonds. The van der Waals surface area contributed by atoms with E-state index in [1.165, 1.54) is 17.4 Å². The molecule has 0 spiro atoms. The van der Waals surface area contributed by atoms with Crippen molar-refractivity contribution in [2.75, 3.05) is 0 Å². The van der Waals surface area contributed by atoms with Crippen LogP contribution in [0.4, 0.5) is 13.2 Å². The van der Waals surface area contributed by atoms with Crippen molar-refractivity contribution in [1.82, 2.24) is 0 Å². The van der Waals surface area contributed by atoms with Crippen LogP contribution < -0.4 is 0 Å². The highest BCUT2D eigenvalue weighted by molar-refractivity contribution is 9.10. The van der Waals surface area contributed by atoms with Crippen molar-refractivity contribution in [2.45, 2.75) is 11.0 Å². The van der Waals surface area contributed by atoms with Crippen LogP contribution in [0.2, 0.25) is 5.02 Å². The molecule has 1 aromatic heterocycles. The molecule has 0 bridgehead atoms. The Labute approximate surface area is 133 Å². The number of halogens is 6. The van der Waals surface area contributed by atoms with Gasteiger partial charge in [0.05, 0.1) is 15.4 Å². The monoisotopic (exact) mass is 432 g/mol. The summed E-state index contributed by atoms with van der Waals surface area (Å²) in [6, 6.07) is 5.77. The molecule has 19 heavy (non-hydrogen) atoms. The fraction of sp³-hybridized carbons (Fsp3) is 0.167. The van der Waals surface area contributed by atoms with Crippen LogP contribution in [0.1, 0.15) is 20.8 Å². The molecule has 0 aliphatic heterocycles. The molecule has 0 saturated carbocycles. The van der Waals surface area contributed by atoms with Crippen molar-refractivity contribution in [3.63, 3.8) is 0 Å². The molecule has 0 aliphatic carbocycles. The van der Waals surface area contributed by atoms with E-state index in [-0.39, 0.29) is 5.56 Å². The highest BCUT2D eigenvalue weighted by Gasteiger charge is 2.35. The van der Waals surface area contributed by atoms with E-state index in [9.17, 15) is 13.2 Å². The maximum absolute atomic E-state index is 13.1. The van der Waals surface area contributed by atoms with Gasteiger partial charge in [-0.05, 0) is 29.1 Å². The minimum absolute atomic E-state index is 0.153. The van der Waals surface area contributed by atoms with Gasteiger partial charge in [0.1, 0.15) is 0 Å². The summed E-state index contributed by atoms with van der Waals surface area (Å²) in [5.41, 5.74) is -0.520. The van der Waals surface area contributed by atoms with E-state index < -0.39 is 16.6 Å². The predicted octanol–water partition coefficient (Wildman–Crippen LogP) is 6.67. The molecule has 1 atom stereocenters. The quantitative estimate of drug-likeness (QED) is 0.463. The Kier molecular flexibility index (Phi) is 4.65. The minimum atomic E-state index is -4.41. The van der Waals surface area contributed by atoms with E-state index in [0.29, 0.717) is 14.4 Å². The highest BCUT2D eigenvalue weighted by Crippen LogP contribution is 2.44. The number of alkyl halides is 4. The molecule has 0 nitrogen and oxygen atoms in total. The lowest BCUT2D eigenvalue weighted by atomic mass is 10.0. The lowest BCUT2D eigenvalue weighted by molar-refractivity contribution is -0.138. The van der Waals surface area contributed by atoms with Gasteiger partial charge in [0.25, 0.3) is 0 Å². The minimum Gasteiger partial charge on any atom is -0.166 e. The number of rotatable bonds is 2. The zero-order valence-electron chi connectivity index (χ0n) is 9.14. The Balaban J connectivity index is 2.54. The lowest BCUT2D eigenvalue weighted by Gasteiger charge is -2.17. The van der Waals surface area contributed by atoms with Gasteiger partial charge in [-0.15, -0.1) is 11.3 Å². The molecule has 0 radical (unpaired) electrons. The Morgan fingerprint density at radius 1 is 1.21 bits per heavy atom. The fourth-order valence-corrected chi connectivity index (χ4v) is 4.24. The maximum Gasteiger partial charge on any atom is 0.416 e.